The van der Waals surface area contributed by atoms with Gasteiger partial charge < -0.3 is 20.7 Å². The maximum Gasteiger partial charge on any atom is 0.409 e. The van der Waals surface area contributed by atoms with Crippen LogP contribution in [0.2, 0.25) is 0 Å². The average Bonchev–Trinajstić information content (AvgIpc) is 3.33. The summed E-state index contributed by atoms with van der Waals surface area (Å²) < 4.78 is 33.0. The second-order valence-corrected chi connectivity index (χ2v) is 8.47. The number of piperidine rings is 1. The molecular formula is C22H24F2N6O3. The number of amides is 2. The molecule has 2 fully saturated rings. The number of ether oxygens (including phenoxy) is 1. The number of hydrogen-bond acceptors (Lipinski definition) is 6. The second kappa shape index (κ2) is 9.05. The molecule has 1 saturated carbocycles. The molecule has 2 aliphatic rings. The first-order valence-electron chi connectivity index (χ1n) is 10.7. The van der Waals surface area contributed by atoms with Crippen LogP contribution >= 0.6 is 0 Å². The van der Waals surface area contributed by atoms with Gasteiger partial charge in [-0.25, -0.2) is 13.6 Å². The van der Waals surface area contributed by atoms with Gasteiger partial charge in [-0.2, -0.15) is 10.4 Å². The van der Waals surface area contributed by atoms with Crippen molar-refractivity contribution in [3.05, 3.63) is 41.8 Å². The highest BCUT2D eigenvalue weighted by Crippen LogP contribution is 2.36. The van der Waals surface area contributed by atoms with E-state index in [0.717, 1.165) is 0 Å². The predicted octanol–water partition coefficient (Wildman–Crippen LogP) is 3.06. The molecular weight excluding hydrogens is 434 g/mol. The van der Waals surface area contributed by atoms with Gasteiger partial charge in [0.15, 0.2) is 5.82 Å². The number of nitrogens with zero attached hydrogens (tertiary/aromatic N) is 4. The fraction of sp³-hybridized carbons (Fsp3) is 0.455. The number of rotatable bonds is 7. The third-order valence-electron chi connectivity index (χ3n) is 6.19. The molecule has 33 heavy (non-hydrogen) atoms. The van der Waals surface area contributed by atoms with Gasteiger partial charge in [0.2, 0.25) is 0 Å². The molecule has 1 aromatic heterocycles. The third kappa shape index (κ3) is 4.89. The number of anilines is 2. The van der Waals surface area contributed by atoms with Gasteiger partial charge in [-0.05, 0) is 43.5 Å². The van der Waals surface area contributed by atoms with Gasteiger partial charge in [0.05, 0.1) is 24.6 Å². The molecule has 2 heterocycles. The lowest BCUT2D eigenvalue weighted by Gasteiger charge is -2.40. The number of carbonyl (C=O) groups excluding carboxylic acids is 2. The van der Waals surface area contributed by atoms with Crippen LogP contribution in [0.1, 0.15) is 36.0 Å². The molecule has 0 radical (unpaired) electrons. The zero-order valence-electron chi connectivity index (χ0n) is 17.8. The van der Waals surface area contributed by atoms with Crippen LogP contribution in [-0.2, 0) is 10.3 Å². The number of nitriles is 1. The third-order valence-corrected chi connectivity index (χ3v) is 6.19. The van der Waals surface area contributed by atoms with E-state index in [0.29, 0.717) is 38.0 Å². The average molecular weight is 458 g/mol. The van der Waals surface area contributed by atoms with E-state index in [9.17, 15) is 23.6 Å². The van der Waals surface area contributed by atoms with Crippen LogP contribution in [0.25, 0.3) is 0 Å². The molecule has 0 bridgehead atoms. The fourth-order valence-electron chi connectivity index (χ4n) is 3.95. The summed E-state index contributed by atoms with van der Waals surface area (Å²) in [5.41, 5.74) is 5.43. The molecule has 2 atom stereocenters. The van der Waals surface area contributed by atoms with Crippen molar-refractivity contribution < 1.29 is 23.1 Å². The van der Waals surface area contributed by atoms with Crippen molar-refractivity contribution in [3.8, 4) is 6.07 Å². The van der Waals surface area contributed by atoms with Crippen molar-refractivity contribution in [1.82, 2.24) is 14.7 Å². The summed E-state index contributed by atoms with van der Waals surface area (Å²) in [6, 6.07) is 7.71. The lowest BCUT2D eigenvalue weighted by atomic mass is 9.85. The molecule has 2 aromatic rings. The van der Waals surface area contributed by atoms with Crippen LogP contribution in [0.15, 0.2) is 30.5 Å². The molecule has 3 N–H and O–H groups in total. The zero-order valence-corrected chi connectivity index (χ0v) is 17.8. The van der Waals surface area contributed by atoms with Gasteiger partial charge in [0.25, 0.3) is 5.91 Å². The SMILES string of the molecule is N#CCC1(n2cc(C(N)=O)c(Nc3ccc(F)cc3)n2)CCN(C(=O)OCC2CC2F)CC1. The number of nitrogens with one attached hydrogen (secondary N) is 1. The molecule has 4 rings (SSSR count). The predicted molar refractivity (Wildman–Crippen MR) is 114 cm³/mol. The van der Waals surface area contributed by atoms with Crippen molar-refractivity contribution in [2.75, 3.05) is 25.0 Å². The number of nitrogens with two attached hydrogens (primary N) is 1. The van der Waals surface area contributed by atoms with Crippen molar-refractivity contribution in [1.29, 1.82) is 5.26 Å². The highest BCUT2D eigenvalue weighted by atomic mass is 19.1. The fourth-order valence-corrected chi connectivity index (χ4v) is 3.95. The molecule has 9 nitrogen and oxygen atoms in total. The quantitative estimate of drug-likeness (QED) is 0.657. The molecule has 2 unspecified atom stereocenters. The number of halogens is 2. The van der Waals surface area contributed by atoms with Crippen LogP contribution in [0.3, 0.4) is 0 Å². The smallest absolute Gasteiger partial charge is 0.409 e. The highest BCUT2D eigenvalue weighted by molar-refractivity contribution is 5.98. The minimum Gasteiger partial charge on any atom is -0.449 e. The van der Waals surface area contributed by atoms with Crippen LogP contribution in [0.4, 0.5) is 25.1 Å². The number of aromatic nitrogens is 2. The van der Waals surface area contributed by atoms with E-state index in [2.05, 4.69) is 16.5 Å². The molecule has 1 aliphatic heterocycles. The topological polar surface area (TPSA) is 126 Å². The van der Waals surface area contributed by atoms with E-state index in [1.54, 1.807) is 4.68 Å². The number of likely N-dealkylation sites (tertiary alicyclic amines) is 1. The van der Waals surface area contributed by atoms with Crippen LogP contribution < -0.4 is 11.1 Å². The summed E-state index contributed by atoms with van der Waals surface area (Å²) in [5, 5.41) is 16.9. The van der Waals surface area contributed by atoms with Gasteiger partial charge in [-0.1, -0.05) is 0 Å². The largest absolute Gasteiger partial charge is 0.449 e. The van der Waals surface area contributed by atoms with Crippen LogP contribution in [0.5, 0.6) is 0 Å². The normalized spacial score (nSPS) is 21.2. The Balaban J connectivity index is 1.50. The van der Waals surface area contributed by atoms with Gasteiger partial charge >= 0.3 is 6.09 Å². The maximum atomic E-state index is 13.2. The Labute approximate surface area is 189 Å². The Kier molecular flexibility index (Phi) is 6.18. The number of benzene rings is 1. The summed E-state index contributed by atoms with van der Waals surface area (Å²) in [7, 11) is 0. The Morgan fingerprint density at radius 2 is 1.97 bits per heavy atom. The Bertz CT molecular complexity index is 1070. The lowest BCUT2D eigenvalue weighted by molar-refractivity contribution is 0.0619. The Morgan fingerprint density at radius 1 is 1.30 bits per heavy atom. The van der Waals surface area contributed by atoms with Gasteiger partial charge in [-0.15, -0.1) is 0 Å². The number of carbonyl (C=O) groups is 2. The van der Waals surface area contributed by atoms with E-state index in [1.165, 1.54) is 35.4 Å². The first kappa shape index (κ1) is 22.5. The summed E-state index contributed by atoms with van der Waals surface area (Å²) in [6.07, 6.45) is 1.44. The zero-order chi connectivity index (χ0) is 23.6. The molecule has 1 aromatic carbocycles. The van der Waals surface area contributed by atoms with E-state index < -0.39 is 29.5 Å². The molecule has 1 aliphatic carbocycles. The van der Waals surface area contributed by atoms with Crippen molar-refractivity contribution in [3.63, 3.8) is 0 Å². The van der Waals surface area contributed by atoms with Gasteiger partial charge in [0, 0.05) is 30.9 Å². The standard InChI is InChI=1S/C22H24F2N6O3/c23-15-1-3-16(4-2-15)27-20-17(19(26)31)12-30(28-20)22(5-8-25)6-9-29(10-7-22)21(32)33-13-14-11-18(14)24/h1-4,12,14,18H,5-7,9-11,13H2,(H2,26,31)(H,27,28). The monoisotopic (exact) mass is 458 g/mol. The first-order valence-corrected chi connectivity index (χ1v) is 10.7. The Hall–Kier alpha value is -3.68. The summed E-state index contributed by atoms with van der Waals surface area (Å²) in [5.74, 6) is -1.12. The van der Waals surface area contributed by atoms with Gasteiger partial charge in [-0.3, -0.25) is 9.48 Å². The van der Waals surface area contributed by atoms with Crippen LogP contribution in [0, 0.1) is 23.1 Å². The van der Waals surface area contributed by atoms with Crippen molar-refractivity contribution in [2.24, 2.45) is 11.7 Å². The summed E-state index contributed by atoms with van der Waals surface area (Å²) in [6.45, 7) is 0.701. The van der Waals surface area contributed by atoms with E-state index >= 15 is 0 Å². The number of hydrogen-bond donors (Lipinski definition) is 2. The van der Waals surface area contributed by atoms with Crippen molar-refractivity contribution in [2.45, 2.75) is 37.4 Å². The minimum absolute atomic E-state index is 0.0688. The maximum absolute atomic E-state index is 13.2. The minimum atomic E-state index is -0.889. The molecule has 1 saturated heterocycles. The van der Waals surface area contributed by atoms with E-state index in [1.807, 2.05) is 0 Å². The molecule has 11 heteroatoms. The summed E-state index contributed by atoms with van der Waals surface area (Å²) >= 11 is 0. The Morgan fingerprint density at radius 3 is 2.55 bits per heavy atom. The van der Waals surface area contributed by atoms with Gasteiger partial charge in [0.1, 0.15) is 17.6 Å². The second-order valence-electron chi connectivity index (χ2n) is 8.47. The molecule has 2 amide bonds. The summed E-state index contributed by atoms with van der Waals surface area (Å²) in [4.78, 5) is 25.9. The van der Waals surface area contributed by atoms with E-state index in [-0.39, 0.29) is 30.3 Å². The number of alkyl halides is 1. The number of primary amides is 1. The van der Waals surface area contributed by atoms with Crippen molar-refractivity contribution >= 4 is 23.5 Å². The molecule has 0 spiro atoms. The molecule has 174 valence electrons. The lowest BCUT2D eigenvalue weighted by Crippen LogP contribution is -2.48. The van der Waals surface area contributed by atoms with E-state index in [4.69, 9.17) is 10.5 Å². The first-order chi connectivity index (χ1) is 15.8. The van der Waals surface area contributed by atoms with Crippen LogP contribution in [-0.4, -0.2) is 52.5 Å². The highest BCUT2D eigenvalue weighted by Gasteiger charge is 2.41.